The van der Waals surface area contributed by atoms with Gasteiger partial charge in [0.25, 0.3) is 11.5 Å². The predicted molar refractivity (Wildman–Crippen MR) is 120 cm³/mol. The fraction of sp³-hybridized carbons (Fsp3) is 0.500. The zero-order chi connectivity index (χ0) is 22.9. The quantitative estimate of drug-likeness (QED) is 0.716. The van der Waals surface area contributed by atoms with Crippen LogP contribution in [0.25, 0.3) is 0 Å². The second kappa shape index (κ2) is 9.26. The van der Waals surface area contributed by atoms with Crippen LogP contribution in [0.5, 0.6) is 0 Å². The lowest BCUT2D eigenvalue weighted by Gasteiger charge is -2.28. The normalized spacial score (nSPS) is 15.0. The van der Waals surface area contributed by atoms with Crippen LogP contribution in [0.1, 0.15) is 56.6 Å². The Morgan fingerprint density at radius 3 is 2.26 bits per heavy atom. The number of anilines is 1. The maximum absolute atomic E-state index is 13.4. The molecule has 168 valence electrons. The first-order valence-electron chi connectivity index (χ1n) is 10.5. The highest BCUT2D eigenvalue weighted by Gasteiger charge is 2.25. The Kier molecular flexibility index (Phi) is 6.89. The molecule has 0 spiro atoms. The first kappa shape index (κ1) is 23.1. The van der Waals surface area contributed by atoms with E-state index < -0.39 is 5.82 Å². The minimum absolute atomic E-state index is 0.0889. The van der Waals surface area contributed by atoms with Crippen LogP contribution in [0.4, 0.5) is 10.2 Å². The van der Waals surface area contributed by atoms with Gasteiger partial charge in [-0.3, -0.25) is 18.7 Å². The van der Waals surface area contributed by atoms with Gasteiger partial charge >= 0.3 is 5.69 Å². The summed E-state index contributed by atoms with van der Waals surface area (Å²) >= 11 is 5.83. The fourth-order valence-electron chi connectivity index (χ4n) is 3.92. The standard InChI is InChI=1S/C22H28ClFN4O3/c1-14(2)27-19(13-20(29)28(15(3)4)22(27)31)25-8-5-9-26(11-10-25)21(30)16-6-7-18(24)17(23)12-16/h6-7,12-15H,5,8-11H2,1-4H3. The number of nitrogens with zero attached hydrogens (tertiary/aromatic N) is 4. The molecule has 1 aliphatic heterocycles. The molecule has 0 N–H and O–H groups in total. The Hall–Kier alpha value is -2.61. The molecule has 1 amide bonds. The SMILES string of the molecule is CC(C)n1c(N2CCCN(C(=O)c3ccc(F)c(Cl)c3)CC2)cc(=O)n(C(C)C)c1=O. The number of benzene rings is 1. The van der Waals surface area contributed by atoms with E-state index in [1.54, 1.807) is 9.47 Å². The molecule has 1 fully saturated rings. The summed E-state index contributed by atoms with van der Waals surface area (Å²) in [5, 5.41) is -0.0889. The van der Waals surface area contributed by atoms with E-state index in [0.29, 0.717) is 44.0 Å². The summed E-state index contributed by atoms with van der Waals surface area (Å²) < 4.78 is 16.3. The van der Waals surface area contributed by atoms with Gasteiger partial charge in [-0.25, -0.2) is 9.18 Å². The van der Waals surface area contributed by atoms with Crippen molar-refractivity contribution in [1.29, 1.82) is 0 Å². The van der Waals surface area contributed by atoms with Crippen LogP contribution >= 0.6 is 11.6 Å². The summed E-state index contributed by atoms with van der Waals surface area (Å²) in [4.78, 5) is 42.2. The van der Waals surface area contributed by atoms with Crippen LogP contribution in [0.2, 0.25) is 5.02 Å². The Morgan fingerprint density at radius 1 is 0.968 bits per heavy atom. The zero-order valence-corrected chi connectivity index (χ0v) is 19.0. The summed E-state index contributed by atoms with van der Waals surface area (Å²) in [5.41, 5.74) is -0.325. The molecule has 1 aliphatic rings. The molecule has 0 radical (unpaired) electrons. The topological polar surface area (TPSA) is 67.5 Å². The average molecular weight is 451 g/mol. The number of halogens is 2. The van der Waals surface area contributed by atoms with Crippen LogP contribution in [0.3, 0.4) is 0 Å². The molecular formula is C22H28ClFN4O3. The van der Waals surface area contributed by atoms with Crippen molar-refractivity contribution >= 4 is 23.3 Å². The summed E-state index contributed by atoms with van der Waals surface area (Å²) in [6, 6.07) is 5.09. The van der Waals surface area contributed by atoms with Gasteiger partial charge in [0.05, 0.1) is 5.02 Å². The van der Waals surface area contributed by atoms with E-state index in [4.69, 9.17) is 11.6 Å². The minimum atomic E-state index is -0.567. The lowest BCUT2D eigenvalue weighted by atomic mass is 10.2. The van der Waals surface area contributed by atoms with Crippen LogP contribution < -0.4 is 16.1 Å². The monoisotopic (exact) mass is 450 g/mol. The fourth-order valence-corrected chi connectivity index (χ4v) is 4.10. The van der Waals surface area contributed by atoms with Gasteiger partial charge < -0.3 is 9.80 Å². The number of hydrogen-bond acceptors (Lipinski definition) is 4. The van der Waals surface area contributed by atoms with Crippen LogP contribution in [0, 0.1) is 5.82 Å². The number of rotatable bonds is 4. The second-order valence-corrected chi connectivity index (χ2v) is 8.72. The number of carbonyl (C=O) groups is 1. The Labute approximate surface area is 185 Å². The predicted octanol–water partition coefficient (Wildman–Crippen LogP) is 3.32. The van der Waals surface area contributed by atoms with E-state index >= 15 is 0 Å². The first-order valence-corrected chi connectivity index (χ1v) is 10.9. The average Bonchev–Trinajstić information content (AvgIpc) is 2.94. The van der Waals surface area contributed by atoms with Gasteiger partial charge in [-0.1, -0.05) is 11.6 Å². The smallest absolute Gasteiger partial charge is 0.333 e. The van der Waals surface area contributed by atoms with Gasteiger partial charge in [-0.15, -0.1) is 0 Å². The highest BCUT2D eigenvalue weighted by molar-refractivity contribution is 6.31. The van der Waals surface area contributed by atoms with Crippen molar-refractivity contribution in [1.82, 2.24) is 14.0 Å². The van der Waals surface area contributed by atoms with Crippen molar-refractivity contribution < 1.29 is 9.18 Å². The molecule has 1 saturated heterocycles. The molecular weight excluding hydrogens is 423 g/mol. The zero-order valence-electron chi connectivity index (χ0n) is 18.3. The van der Waals surface area contributed by atoms with E-state index in [0.717, 1.165) is 0 Å². The van der Waals surface area contributed by atoms with Gasteiger partial charge in [-0.2, -0.15) is 0 Å². The van der Waals surface area contributed by atoms with Gasteiger partial charge in [0, 0.05) is 49.9 Å². The molecule has 9 heteroatoms. The third-order valence-corrected chi connectivity index (χ3v) is 5.75. The summed E-state index contributed by atoms with van der Waals surface area (Å²) in [5.74, 6) is -0.218. The van der Waals surface area contributed by atoms with Gasteiger partial charge in [0.2, 0.25) is 0 Å². The molecule has 2 heterocycles. The minimum Gasteiger partial charge on any atom is -0.356 e. The highest BCUT2D eigenvalue weighted by atomic mass is 35.5. The molecule has 0 saturated carbocycles. The molecule has 0 bridgehead atoms. The molecule has 1 aromatic carbocycles. The lowest BCUT2D eigenvalue weighted by molar-refractivity contribution is 0.0767. The van der Waals surface area contributed by atoms with Crippen molar-refractivity contribution in [3.8, 4) is 0 Å². The number of amides is 1. The molecule has 3 rings (SSSR count). The van der Waals surface area contributed by atoms with Crippen molar-refractivity contribution in [2.45, 2.75) is 46.2 Å². The molecule has 7 nitrogen and oxygen atoms in total. The van der Waals surface area contributed by atoms with Crippen LogP contribution in [-0.2, 0) is 0 Å². The van der Waals surface area contributed by atoms with Crippen molar-refractivity contribution in [3.63, 3.8) is 0 Å². The highest BCUT2D eigenvalue weighted by Crippen LogP contribution is 2.21. The first-order chi connectivity index (χ1) is 14.6. The van der Waals surface area contributed by atoms with E-state index in [2.05, 4.69) is 0 Å². The molecule has 31 heavy (non-hydrogen) atoms. The van der Waals surface area contributed by atoms with Crippen molar-refractivity contribution in [2.75, 3.05) is 31.1 Å². The van der Waals surface area contributed by atoms with E-state index in [9.17, 15) is 18.8 Å². The third kappa shape index (κ3) is 4.69. The number of carbonyl (C=O) groups excluding carboxylic acids is 1. The molecule has 1 aromatic heterocycles. The van der Waals surface area contributed by atoms with Crippen molar-refractivity contribution in [3.05, 3.63) is 61.5 Å². The maximum Gasteiger partial charge on any atom is 0.333 e. The van der Waals surface area contributed by atoms with Gasteiger partial charge in [0.15, 0.2) is 0 Å². The number of hydrogen-bond donors (Lipinski definition) is 0. The van der Waals surface area contributed by atoms with E-state index in [-0.39, 0.29) is 34.3 Å². The lowest BCUT2D eigenvalue weighted by Crippen LogP contribution is -2.45. The van der Waals surface area contributed by atoms with Crippen LogP contribution in [-0.4, -0.2) is 46.1 Å². The second-order valence-electron chi connectivity index (χ2n) is 8.31. The Morgan fingerprint density at radius 2 is 1.65 bits per heavy atom. The summed E-state index contributed by atoms with van der Waals surface area (Å²) in [6.07, 6.45) is 0.667. The largest absolute Gasteiger partial charge is 0.356 e. The number of aromatic nitrogens is 2. The van der Waals surface area contributed by atoms with Gasteiger partial charge in [-0.05, 0) is 52.3 Å². The molecule has 0 unspecified atom stereocenters. The van der Waals surface area contributed by atoms with Crippen molar-refractivity contribution in [2.24, 2.45) is 0 Å². The van der Waals surface area contributed by atoms with E-state index in [1.165, 1.54) is 28.8 Å². The molecule has 0 aliphatic carbocycles. The molecule has 2 aromatic rings. The Bertz CT molecular complexity index is 1090. The maximum atomic E-state index is 13.4. The van der Waals surface area contributed by atoms with E-state index in [1.807, 2.05) is 32.6 Å². The van der Waals surface area contributed by atoms with Gasteiger partial charge in [0.1, 0.15) is 11.6 Å². The third-order valence-electron chi connectivity index (χ3n) is 5.46. The summed E-state index contributed by atoms with van der Waals surface area (Å²) in [7, 11) is 0. The Balaban J connectivity index is 1.88. The molecule has 0 atom stereocenters. The van der Waals surface area contributed by atoms with Crippen LogP contribution in [0.15, 0.2) is 33.9 Å². The summed E-state index contributed by atoms with van der Waals surface area (Å²) in [6.45, 7) is 9.43.